The van der Waals surface area contributed by atoms with E-state index in [0.29, 0.717) is 18.0 Å². The molecule has 0 unspecified atom stereocenters. The van der Waals surface area contributed by atoms with Crippen LogP contribution in [0.25, 0.3) is 11.4 Å². The first-order chi connectivity index (χ1) is 9.60. The first-order valence-corrected chi connectivity index (χ1v) is 6.41. The van der Waals surface area contributed by atoms with E-state index in [-0.39, 0.29) is 6.54 Å². The van der Waals surface area contributed by atoms with Gasteiger partial charge in [0.1, 0.15) is 6.33 Å². The molecule has 1 aromatic heterocycles. The second kappa shape index (κ2) is 6.14. The Balaban J connectivity index is 2.10. The van der Waals surface area contributed by atoms with Crippen LogP contribution in [0.1, 0.15) is 12.5 Å². The van der Waals surface area contributed by atoms with E-state index in [1.807, 2.05) is 31.2 Å². The van der Waals surface area contributed by atoms with Crippen molar-refractivity contribution in [2.75, 3.05) is 6.61 Å². The van der Waals surface area contributed by atoms with Crippen molar-refractivity contribution in [2.24, 2.45) is 0 Å². The Morgan fingerprint density at radius 2 is 2.25 bits per heavy atom. The maximum atomic E-state index is 11.5. The molecular formula is C15H17N3O2. The van der Waals surface area contributed by atoms with Gasteiger partial charge in [-0.2, -0.15) is 5.10 Å². The topological polar surface area (TPSA) is 57.0 Å². The molecule has 20 heavy (non-hydrogen) atoms. The molecule has 2 aromatic rings. The SMILES string of the molecule is C=C(Cn1cnc(-c2cccc(C)c2)n1)C(=O)OCC. The number of esters is 1. The van der Waals surface area contributed by atoms with Crippen molar-refractivity contribution < 1.29 is 9.53 Å². The zero-order valence-electron chi connectivity index (χ0n) is 11.7. The highest BCUT2D eigenvalue weighted by Gasteiger charge is 2.10. The molecule has 1 heterocycles. The lowest BCUT2D eigenvalue weighted by atomic mass is 10.1. The van der Waals surface area contributed by atoms with Crippen LogP contribution < -0.4 is 0 Å². The average molecular weight is 271 g/mol. The lowest BCUT2D eigenvalue weighted by Gasteiger charge is -2.04. The second-order valence-electron chi connectivity index (χ2n) is 4.46. The molecule has 0 N–H and O–H groups in total. The van der Waals surface area contributed by atoms with Crippen molar-refractivity contribution in [1.82, 2.24) is 14.8 Å². The summed E-state index contributed by atoms with van der Waals surface area (Å²) >= 11 is 0. The molecule has 1 aromatic carbocycles. The summed E-state index contributed by atoms with van der Waals surface area (Å²) in [4.78, 5) is 15.7. The number of nitrogens with zero attached hydrogens (tertiary/aromatic N) is 3. The lowest BCUT2D eigenvalue weighted by molar-refractivity contribution is -0.138. The van der Waals surface area contributed by atoms with E-state index >= 15 is 0 Å². The van der Waals surface area contributed by atoms with Gasteiger partial charge in [-0.15, -0.1) is 0 Å². The molecule has 5 heteroatoms. The highest BCUT2D eigenvalue weighted by Crippen LogP contribution is 2.15. The zero-order valence-corrected chi connectivity index (χ0v) is 11.7. The van der Waals surface area contributed by atoms with Crippen molar-refractivity contribution in [2.45, 2.75) is 20.4 Å². The largest absolute Gasteiger partial charge is 0.463 e. The number of ether oxygens (including phenoxy) is 1. The molecule has 0 aliphatic carbocycles. The quantitative estimate of drug-likeness (QED) is 0.619. The van der Waals surface area contributed by atoms with Gasteiger partial charge in [-0.3, -0.25) is 0 Å². The monoisotopic (exact) mass is 271 g/mol. The van der Waals surface area contributed by atoms with Gasteiger partial charge in [0.25, 0.3) is 0 Å². The van der Waals surface area contributed by atoms with Gasteiger partial charge in [-0.25, -0.2) is 14.5 Å². The molecule has 2 rings (SSSR count). The number of hydrogen-bond donors (Lipinski definition) is 0. The number of aryl methyl sites for hydroxylation is 1. The van der Waals surface area contributed by atoms with Crippen molar-refractivity contribution in [3.63, 3.8) is 0 Å². The molecule has 0 saturated heterocycles. The van der Waals surface area contributed by atoms with Crippen molar-refractivity contribution in [1.29, 1.82) is 0 Å². The minimum Gasteiger partial charge on any atom is -0.463 e. The Bertz CT molecular complexity index is 632. The molecule has 0 saturated carbocycles. The normalized spacial score (nSPS) is 10.3. The van der Waals surface area contributed by atoms with E-state index in [1.165, 1.54) is 0 Å². The molecule has 0 radical (unpaired) electrons. The average Bonchev–Trinajstić information content (AvgIpc) is 2.87. The Morgan fingerprint density at radius 3 is 2.95 bits per heavy atom. The molecular weight excluding hydrogens is 254 g/mol. The first-order valence-electron chi connectivity index (χ1n) is 6.41. The number of rotatable bonds is 5. The van der Waals surface area contributed by atoms with Gasteiger partial charge in [-0.05, 0) is 19.9 Å². The van der Waals surface area contributed by atoms with E-state index in [2.05, 4.69) is 16.7 Å². The van der Waals surface area contributed by atoms with Crippen molar-refractivity contribution in [3.8, 4) is 11.4 Å². The molecule has 0 bridgehead atoms. The van der Waals surface area contributed by atoms with Crippen LogP contribution in [0.15, 0.2) is 42.7 Å². The number of carbonyl (C=O) groups is 1. The predicted octanol–water partition coefficient (Wildman–Crippen LogP) is 2.37. The predicted molar refractivity (Wildman–Crippen MR) is 76.0 cm³/mol. The summed E-state index contributed by atoms with van der Waals surface area (Å²) in [6.45, 7) is 8.09. The maximum absolute atomic E-state index is 11.5. The van der Waals surface area contributed by atoms with Crippen LogP contribution in [0.4, 0.5) is 0 Å². The zero-order chi connectivity index (χ0) is 14.5. The minimum atomic E-state index is -0.403. The van der Waals surface area contributed by atoms with Crippen LogP contribution in [-0.2, 0) is 16.1 Å². The second-order valence-corrected chi connectivity index (χ2v) is 4.46. The molecule has 5 nitrogen and oxygen atoms in total. The lowest BCUT2D eigenvalue weighted by Crippen LogP contribution is -2.12. The van der Waals surface area contributed by atoms with Gasteiger partial charge >= 0.3 is 5.97 Å². The Hall–Kier alpha value is -2.43. The van der Waals surface area contributed by atoms with E-state index in [1.54, 1.807) is 17.9 Å². The third kappa shape index (κ3) is 3.32. The van der Waals surface area contributed by atoms with Crippen LogP contribution in [0, 0.1) is 6.92 Å². The summed E-state index contributed by atoms with van der Waals surface area (Å²) in [6, 6.07) is 7.94. The van der Waals surface area contributed by atoms with Crippen molar-refractivity contribution >= 4 is 5.97 Å². The summed E-state index contributed by atoms with van der Waals surface area (Å²) in [5, 5.41) is 4.34. The van der Waals surface area contributed by atoms with Gasteiger partial charge in [0, 0.05) is 5.56 Å². The van der Waals surface area contributed by atoms with Crippen molar-refractivity contribution in [3.05, 3.63) is 48.3 Å². The summed E-state index contributed by atoms with van der Waals surface area (Å²) < 4.78 is 6.46. The molecule has 104 valence electrons. The van der Waals surface area contributed by atoms with Crippen LogP contribution in [-0.4, -0.2) is 27.3 Å². The van der Waals surface area contributed by atoms with E-state index in [4.69, 9.17) is 4.74 Å². The standard InChI is InChI=1S/C15H17N3O2/c1-4-20-15(19)12(3)9-18-10-16-14(17-18)13-7-5-6-11(2)8-13/h5-8,10H,3-4,9H2,1-2H3. The molecule has 0 spiro atoms. The van der Waals surface area contributed by atoms with Crippen LogP contribution in [0.5, 0.6) is 0 Å². The van der Waals surface area contributed by atoms with E-state index in [9.17, 15) is 4.79 Å². The Kier molecular flexibility index (Phi) is 4.30. The first kappa shape index (κ1) is 14.0. The number of benzene rings is 1. The van der Waals surface area contributed by atoms with Crippen LogP contribution >= 0.6 is 0 Å². The maximum Gasteiger partial charge on any atom is 0.335 e. The molecule has 0 atom stereocenters. The van der Waals surface area contributed by atoms with Crippen LogP contribution in [0.3, 0.4) is 0 Å². The minimum absolute atomic E-state index is 0.275. The summed E-state index contributed by atoms with van der Waals surface area (Å²) in [5.41, 5.74) is 2.45. The Morgan fingerprint density at radius 1 is 1.45 bits per heavy atom. The highest BCUT2D eigenvalue weighted by atomic mass is 16.5. The number of carbonyl (C=O) groups excluding carboxylic acids is 1. The molecule has 0 amide bonds. The van der Waals surface area contributed by atoms with Gasteiger partial charge in [-0.1, -0.05) is 30.3 Å². The molecule has 0 aliphatic rings. The van der Waals surface area contributed by atoms with E-state index in [0.717, 1.165) is 11.1 Å². The fraction of sp³-hybridized carbons (Fsp3) is 0.267. The summed E-state index contributed by atoms with van der Waals surface area (Å²) in [5.74, 6) is 0.227. The van der Waals surface area contributed by atoms with Crippen LogP contribution in [0.2, 0.25) is 0 Å². The fourth-order valence-corrected chi connectivity index (χ4v) is 1.78. The van der Waals surface area contributed by atoms with Gasteiger partial charge in [0.05, 0.1) is 18.7 Å². The summed E-state index contributed by atoms with van der Waals surface area (Å²) in [6.07, 6.45) is 1.59. The highest BCUT2D eigenvalue weighted by molar-refractivity contribution is 5.87. The third-order valence-electron chi connectivity index (χ3n) is 2.73. The van der Waals surface area contributed by atoms with Gasteiger partial charge < -0.3 is 4.74 Å². The Labute approximate surface area is 117 Å². The van der Waals surface area contributed by atoms with Gasteiger partial charge in [0.15, 0.2) is 5.82 Å². The molecule has 0 aliphatic heterocycles. The smallest absolute Gasteiger partial charge is 0.335 e. The fourth-order valence-electron chi connectivity index (χ4n) is 1.78. The molecule has 0 fully saturated rings. The van der Waals surface area contributed by atoms with E-state index < -0.39 is 5.97 Å². The third-order valence-corrected chi connectivity index (χ3v) is 2.73. The summed E-state index contributed by atoms with van der Waals surface area (Å²) in [7, 11) is 0. The van der Waals surface area contributed by atoms with Gasteiger partial charge in [0.2, 0.25) is 0 Å². The number of aromatic nitrogens is 3. The number of hydrogen-bond acceptors (Lipinski definition) is 4.